The SMILES string of the molecule is CN(CCCN(C)c1cccc(N2CCN(CC(=O)N3CCCC3)CC2)c1)CCCn1ccc2ccc(Cl)cc21. The van der Waals surface area contributed by atoms with E-state index >= 15 is 0 Å². The number of anilines is 2. The number of piperazine rings is 1. The minimum absolute atomic E-state index is 0.306. The lowest BCUT2D eigenvalue weighted by molar-refractivity contribution is -0.131. The van der Waals surface area contributed by atoms with Crippen LogP contribution in [0, 0.1) is 0 Å². The first-order valence-electron chi connectivity index (χ1n) is 15.0. The highest BCUT2D eigenvalue weighted by atomic mass is 35.5. The standard InChI is InChI=1S/C32H45ClN6O/c1-34(14-7-18-38-19-12-27-10-11-28(33)24-31(27)38)13-6-15-35(2)29-8-5-9-30(25-29)37-22-20-36(21-23-37)26-32(40)39-16-3-4-17-39/h5,8-12,19,24-25H,3-4,6-7,13-18,20-23,26H2,1-2H3. The summed E-state index contributed by atoms with van der Waals surface area (Å²) in [7, 11) is 4.42. The van der Waals surface area contributed by atoms with Crippen LogP contribution in [0.15, 0.2) is 54.7 Å². The molecule has 0 bridgehead atoms. The summed E-state index contributed by atoms with van der Waals surface area (Å²) >= 11 is 6.20. The zero-order valence-electron chi connectivity index (χ0n) is 24.3. The molecule has 0 spiro atoms. The molecule has 8 heteroatoms. The van der Waals surface area contributed by atoms with E-state index in [1.807, 2.05) is 11.0 Å². The van der Waals surface area contributed by atoms with Gasteiger partial charge < -0.3 is 24.2 Å². The minimum Gasteiger partial charge on any atom is -0.374 e. The summed E-state index contributed by atoms with van der Waals surface area (Å²) < 4.78 is 2.31. The molecule has 0 aliphatic carbocycles. The quantitative estimate of drug-likeness (QED) is 0.313. The van der Waals surface area contributed by atoms with Gasteiger partial charge in [0.15, 0.2) is 0 Å². The van der Waals surface area contributed by atoms with Crippen molar-refractivity contribution in [1.82, 2.24) is 19.3 Å². The molecule has 1 aromatic heterocycles. The minimum atomic E-state index is 0.306. The number of benzene rings is 2. The lowest BCUT2D eigenvalue weighted by atomic mass is 10.2. The average Bonchev–Trinajstić information content (AvgIpc) is 3.64. The van der Waals surface area contributed by atoms with Crippen molar-refractivity contribution in [2.75, 3.05) is 89.3 Å². The molecule has 2 fully saturated rings. The second kappa shape index (κ2) is 13.7. The molecule has 0 N–H and O–H groups in total. The molecule has 5 rings (SSSR count). The number of carbonyl (C=O) groups excluding carboxylic acids is 1. The van der Waals surface area contributed by atoms with Crippen LogP contribution in [0.3, 0.4) is 0 Å². The van der Waals surface area contributed by atoms with Crippen molar-refractivity contribution in [3.63, 3.8) is 0 Å². The highest BCUT2D eigenvalue weighted by Crippen LogP contribution is 2.24. The monoisotopic (exact) mass is 564 g/mol. The Bertz CT molecular complexity index is 1250. The van der Waals surface area contributed by atoms with Gasteiger partial charge in [-0.1, -0.05) is 23.7 Å². The third kappa shape index (κ3) is 7.50. The van der Waals surface area contributed by atoms with E-state index in [0.29, 0.717) is 12.5 Å². The van der Waals surface area contributed by atoms with Crippen LogP contribution in [-0.2, 0) is 11.3 Å². The van der Waals surface area contributed by atoms with E-state index in [4.69, 9.17) is 11.6 Å². The van der Waals surface area contributed by atoms with Crippen LogP contribution in [0.25, 0.3) is 10.9 Å². The Morgan fingerprint density at radius 2 is 1.65 bits per heavy atom. The molecule has 0 saturated carbocycles. The van der Waals surface area contributed by atoms with Crippen LogP contribution >= 0.6 is 11.6 Å². The molecular weight excluding hydrogens is 520 g/mol. The predicted molar refractivity (Wildman–Crippen MR) is 168 cm³/mol. The molecule has 1 amide bonds. The average molecular weight is 565 g/mol. The van der Waals surface area contributed by atoms with Crippen LogP contribution in [-0.4, -0.2) is 105 Å². The van der Waals surface area contributed by atoms with Gasteiger partial charge in [-0.3, -0.25) is 9.69 Å². The molecule has 0 radical (unpaired) electrons. The first-order chi connectivity index (χ1) is 19.5. The maximum absolute atomic E-state index is 12.5. The number of aryl methyl sites for hydroxylation is 1. The zero-order chi connectivity index (χ0) is 27.9. The van der Waals surface area contributed by atoms with Crippen molar-refractivity contribution in [3.05, 3.63) is 59.8 Å². The van der Waals surface area contributed by atoms with Crippen molar-refractivity contribution in [1.29, 1.82) is 0 Å². The van der Waals surface area contributed by atoms with Crippen molar-refractivity contribution in [2.45, 2.75) is 32.2 Å². The van der Waals surface area contributed by atoms with E-state index in [9.17, 15) is 4.79 Å². The number of likely N-dealkylation sites (tertiary alicyclic amines) is 1. The molecule has 0 unspecified atom stereocenters. The second-order valence-electron chi connectivity index (χ2n) is 11.5. The highest BCUT2D eigenvalue weighted by Gasteiger charge is 2.23. The van der Waals surface area contributed by atoms with Crippen molar-refractivity contribution in [3.8, 4) is 0 Å². The van der Waals surface area contributed by atoms with E-state index in [1.165, 1.54) is 22.3 Å². The number of fused-ring (bicyclic) bond motifs is 1. The van der Waals surface area contributed by atoms with Gasteiger partial charge in [0, 0.05) is 87.5 Å². The van der Waals surface area contributed by atoms with Gasteiger partial charge in [0.2, 0.25) is 5.91 Å². The van der Waals surface area contributed by atoms with Gasteiger partial charge >= 0.3 is 0 Å². The molecule has 2 aliphatic heterocycles. The summed E-state index contributed by atoms with van der Waals surface area (Å²) in [6.07, 6.45) is 6.72. The van der Waals surface area contributed by atoms with Gasteiger partial charge in [0.25, 0.3) is 0 Å². The van der Waals surface area contributed by atoms with E-state index in [-0.39, 0.29) is 0 Å². The summed E-state index contributed by atoms with van der Waals surface area (Å²) in [5, 5.41) is 2.04. The molecule has 40 heavy (non-hydrogen) atoms. The Morgan fingerprint density at radius 3 is 2.45 bits per heavy atom. The van der Waals surface area contributed by atoms with Crippen LogP contribution in [0.4, 0.5) is 11.4 Å². The number of nitrogens with zero attached hydrogens (tertiary/aromatic N) is 6. The Labute approximate surface area is 244 Å². The molecule has 216 valence electrons. The van der Waals surface area contributed by atoms with Crippen LogP contribution < -0.4 is 9.80 Å². The van der Waals surface area contributed by atoms with Crippen LogP contribution in [0.2, 0.25) is 5.02 Å². The van der Waals surface area contributed by atoms with Crippen molar-refractivity contribution < 1.29 is 4.79 Å². The Morgan fingerprint density at radius 1 is 0.875 bits per heavy atom. The molecule has 0 atom stereocenters. The molecule has 3 aromatic rings. The van der Waals surface area contributed by atoms with Gasteiger partial charge in [0.1, 0.15) is 0 Å². The maximum Gasteiger partial charge on any atom is 0.236 e. The fraction of sp³-hybridized carbons (Fsp3) is 0.531. The fourth-order valence-corrected chi connectivity index (χ4v) is 6.20. The third-order valence-corrected chi connectivity index (χ3v) is 8.77. The first kappa shape index (κ1) is 28.8. The lowest BCUT2D eigenvalue weighted by Crippen LogP contribution is -2.49. The molecule has 2 aromatic carbocycles. The van der Waals surface area contributed by atoms with Gasteiger partial charge in [-0.2, -0.15) is 0 Å². The van der Waals surface area contributed by atoms with Gasteiger partial charge in [-0.25, -0.2) is 0 Å². The lowest BCUT2D eigenvalue weighted by Gasteiger charge is -2.36. The van der Waals surface area contributed by atoms with Gasteiger partial charge in [0.05, 0.1) is 6.54 Å². The second-order valence-corrected chi connectivity index (χ2v) is 12.0. The van der Waals surface area contributed by atoms with Gasteiger partial charge in [-0.15, -0.1) is 0 Å². The first-order valence-corrected chi connectivity index (χ1v) is 15.3. The predicted octanol–water partition coefficient (Wildman–Crippen LogP) is 4.89. The molecular formula is C32H45ClN6O. The molecule has 2 saturated heterocycles. The topological polar surface area (TPSA) is 38.2 Å². The fourth-order valence-electron chi connectivity index (χ4n) is 6.03. The van der Waals surface area contributed by atoms with Crippen LogP contribution in [0.5, 0.6) is 0 Å². The maximum atomic E-state index is 12.5. The summed E-state index contributed by atoms with van der Waals surface area (Å²) in [4.78, 5) is 24.2. The summed E-state index contributed by atoms with van der Waals surface area (Å²) in [5.74, 6) is 0.306. The Hall–Kier alpha value is -2.74. The number of halogens is 1. The molecule has 7 nitrogen and oxygen atoms in total. The Kier molecular flexibility index (Phi) is 9.89. The molecule has 2 aliphatic rings. The van der Waals surface area contributed by atoms with Crippen molar-refractivity contribution in [2.24, 2.45) is 0 Å². The Balaban J connectivity index is 1.01. The van der Waals surface area contributed by atoms with E-state index in [1.54, 1.807) is 0 Å². The number of hydrogen-bond acceptors (Lipinski definition) is 5. The third-order valence-electron chi connectivity index (χ3n) is 8.53. The summed E-state index contributed by atoms with van der Waals surface area (Å²) in [6.45, 7) is 10.5. The zero-order valence-corrected chi connectivity index (χ0v) is 25.0. The molecule has 3 heterocycles. The summed E-state index contributed by atoms with van der Waals surface area (Å²) in [6, 6.07) is 17.2. The van der Waals surface area contributed by atoms with Gasteiger partial charge in [-0.05, 0) is 87.6 Å². The summed E-state index contributed by atoms with van der Waals surface area (Å²) in [5.41, 5.74) is 3.77. The highest BCUT2D eigenvalue weighted by molar-refractivity contribution is 6.31. The number of rotatable bonds is 12. The number of amides is 1. The van der Waals surface area contributed by atoms with Crippen molar-refractivity contribution >= 4 is 39.8 Å². The number of aromatic nitrogens is 1. The van der Waals surface area contributed by atoms with E-state index in [0.717, 1.165) is 96.2 Å². The number of carbonyl (C=O) groups is 1. The van der Waals surface area contributed by atoms with Crippen LogP contribution in [0.1, 0.15) is 25.7 Å². The smallest absolute Gasteiger partial charge is 0.236 e. The normalized spacial score (nSPS) is 16.4. The number of hydrogen-bond donors (Lipinski definition) is 0. The largest absolute Gasteiger partial charge is 0.374 e. The van der Waals surface area contributed by atoms with E-state index < -0.39 is 0 Å². The van der Waals surface area contributed by atoms with E-state index in [2.05, 4.69) is 86.9 Å².